The number of carboxylic acids is 1. The Morgan fingerprint density at radius 1 is 1.26 bits per heavy atom. The average molecular weight is 264 g/mol. The summed E-state index contributed by atoms with van der Waals surface area (Å²) in [5, 5.41) is 11.6. The quantitative estimate of drug-likeness (QED) is 0.775. The van der Waals surface area contributed by atoms with Gasteiger partial charge >= 0.3 is 12.0 Å². The van der Waals surface area contributed by atoms with Crippen LogP contribution < -0.4 is 10.2 Å². The molecule has 0 spiro atoms. The summed E-state index contributed by atoms with van der Waals surface area (Å²) in [7, 11) is 0. The molecule has 0 aliphatic rings. The fourth-order valence-corrected chi connectivity index (χ4v) is 1.61. The van der Waals surface area contributed by atoms with Crippen molar-refractivity contribution < 1.29 is 14.7 Å². The summed E-state index contributed by atoms with van der Waals surface area (Å²) < 4.78 is 0. The first-order valence-corrected chi connectivity index (χ1v) is 6.38. The van der Waals surface area contributed by atoms with Gasteiger partial charge in [0, 0.05) is 12.2 Å². The number of nitrogens with one attached hydrogen (secondary N) is 1. The standard InChI is InChI=1S/C14H20N2O3/c1-3-4-9-15-14(19)16(10-13(17)18)12-7-5-11(2)6-8-12/h5-8H,3-4,9-10H2,1-2H3,(H,15,19)(H,17,18). The molecule has 0 fully saturated rings. The summed E-state index contributed by atoms with van der Waals surface area (Å²) in [5.41, 5.74) is 1.65. The second-order valence-corrected chi connectivity index (χ2v) is 4.40. The van der Waals surface area contributed by atoms with Crippen molar-refractivity contribution in [1.82, 2.24) is 5.32 Å². The molecule has 5 nitrogen and oxygen atoms in total. The molecule has 5 heteroatoms. The highest BCUT2D eigenvalue weighted by atomic mass is 16.4. The van der Waals surface area contributed by atoms with Crippen LogP contribution in [0.5, 0.6) is 0 Å². The van der Waals surface area contributed by atoms with Gasteiger partial charge in [-0.05, 0) is 25.5 Å². The summed E-state index contributed by atoms with van der Waals surface area (Å²) in [6.45, 7) is 4.17. The van der Waals surface area contributed by atoms with Crippen molar-refractivity contribution in [1.29, 1.82) is 0 Å². The van der Waals surface area contributed by atoms with Crippen LogP contribution in [0, 0.1) is 6.92 Å². The maximum absolute atomic E-state index is 12.0. The zero-order chi connectivity index (χ0) is 14.3. The van der Waals surface area contributed by atoms with E-state index < -0.39 is 5.97 Å². The zero-order valence-electron chi connectivity index (χ0n) is 11.3. The third kappa shape index (κ3) is 4.99. The molecule has 0 radical (unpaired) electrons. The summed E-state index contributed by atoms with van der Waals surface area (Å²) in [4.78, 5) is 24.1. The molecule has 1 aromatic rings. The second kappa shape index (κ2) is 7.41. The van der Waals surface area contributed by atoms with E-state index >= 15 is 0 Å². The molecule has 104 valence electrons. The topological polar surface area (TPSA) is 69.6 Å². The molecule has 1 rings (SSSR count). The lowest BCUT2D eigenvalue weighted by Crippen LogP contribution is -2.43. The number of nitrogens with zero attached hydrogens (tertiary/aromatic N) is 1. The van der Waals surface area contributed by atoms with Gasteiger partial charge in [0.1, 0.15) is 6.54 Å². The molecule has 0 aromatic heterocycles. The molecule has 2 amide bonds. The van der Waals surface area contributed by atoms with E-state index in [0.29, 0.717) is 12.2 Å². The van der Waals surface area contributed by atoms with Gasteiger partial charge in [-0.25, -0.2) is 4.79 Å². The van der Waals surface area contributed by atoms with Gasteiger partial charge in [0.05, 0.1) is 0 Å². The Morgan fingerprint density at radius 2 is 1.89 bits per heavy atom. The highest BCUT2D eigenvalue weighted by Gasteiger charge is 2.18. The van der Waals surface area contributed by atoms with Crippen molar-refractivity contribution in [2.45, 2.75) is 26.7 Å². The number of carbonyl (C=O) groups excluding carboxylic acids is 1. The number of amides is 2. The number of anilines is 1. The molecule has 2 N–H and O–H groups in total. The van der Waals surface area contributed by atoms with Crippen molar-refractivity contribution >= 4 is 17.7 Å². The Kier molecular flexibility index (Phi) is 5.85. The van der Waals surface area contributed by atoms with Crippen molar-refractivity contribution in [3.63, 3.8) is 0 Å². The Bertz CT molecular complexity index is 429. The third-order valence-corrected chi connectivity index (χ3v) is 2.69. The van der Waals surface area contributed by atoms with Gasteiger partial charge in [-0.3, -0.25) is 9.69 Å². The number of benzene rings is 1. The summed E-state index contributed by atoms with van der Waals surface area (Å²) in [5.74, 6) is -1.04. The third-order valence-electron chi connectivity index (χ3n) is 2.69. The van der Waals surface area contributed by atoms with Gasteiger partial charge in [-0.15, -0.1) is 0 Å². The minimum absolute atomic E-state index is 0.346. The maximum atomic E-state index is 12.0. The summed E-state index contributed by atoms with van der Waals surface area (Å²) in [6, 6.07) is 6.82. The van der Waals surface area contributed by atoms with E-state index in [1.54, 1.807) is 12.1 Å². The van der Waals surface area contributed by atoms with Crippen LogP contribution >= 0.6 is 0 Å². The average Bonchev–Trinajstić information content (AvgIpc) is 2.37. The van der Waals surface area contributed by atoms with Crippen LogP contribution in [0.1, 0.15) is 25.3 Å². The van der Waals surface area contributed by atoms with E-state index in [1.807, 2.05) is 26.0 Å². The van der Waals surface area contributed by atoms with E-state index in [4.69, 9.17) is 5.11 Å². The fraction of sp³-hybridized carbons (Fsp3) is 0.429. The smallest absolute Gasteiger partial charge is 0.323 e. The Balaban J connectivity index is 2.79. The van der Waals surface area contributed by atoms with Gasteiger partial charge in [0.25, 0.3) is 0 Å². The molecule has 0 saturated carbocycles. The normalized spacial score (nSPS) is 10.0. The molecule has 0 bridgehead atoms. The van der Waals surface area contributed by atoms with Gasteiger partial charge in [0.15, 0.2) is 0 Å². The number of hydrogen-bond donors (Lipinski definition) is 2. The lowest BCUT2D eigenvalue weighted by Gasteiger charge is -2.21. The molecule has 0 unspecified atom stereocenters. The van der Waals surface area contributed by atoms with Crippen molar-refractivity contribution in [3.05, 3.63) is 29.8 Å². The van der Waals surface area contributed by atoms with Crippen molar-refractivity contribution in [3.8, 4) is 0 Å². The molecule has 0 atom stereocenters. The van der Waals surface area contributed by atoms with Gasteiger partial charge in [0.2, 0.25) is 0 Å². The van der Waals surface area contributed by atoms with E-state index in [1.165, 1.54) is 4.90 Å². The highest BCUT2D eigenvalue weighted by Crippen LogP contribution is 2.15. The molecule has 0 saturated heterocycles. The number of carboxylic acid groups (broad SMARTS) is 1. The fourth-order valence-electron chi connectivity index (χ4n) is 1.61. The highest BCUT2D eigenvalue weighted by molar-refractivity contribution is 5.96. The first-order valence-electron chi connectivity index (χ1n) is 6.38. The predicted molar refractivity (Wildman–Crippen MR) is 74.5 cm³/mol. The Hall–Kier alpha value is -2.04. The van der Waals surface area contributed by atoms with Crippen LogP contribution in [-0.4, -0.2) is 30.2 Å². The molecule has 19 heavy (non-hydrogen) atoms. The lowest BCUT2D eigenvalue weighted by molar-refractivity contribution is -0.135. The Morgan fingerprint density at radius 3 is 2.42 bits per heavy atom. The van der Waals surface area contributed by atoms with Crippen LogP contribution in [-0.2, 0) is 4.79 Å². The molecular weight excluding hydrogens is 244 g/mol. The minimum Gasteiger partial charge on any atom is -0.480 e. The van der Waals surface area contributed by atoms with Crippen LogP contribution in [0.2, 0.25) is 0 Å². The van der Waals surface area contributed by atoms with Gasteiger partial charge < -0.3 is 10.4 Å². The molecule has 1 aromatic carbocycles. The van der Waals surface area contributed by atoms with Gasteiger partial charge in [-0.1, -0.05) is 31.0 Å². The van der Waals surface area contributed by atoms with E-state index in [9.17, 15) is 9.59 Å². The van der Waals surface area contributed by atoms with Crippen LogP contribution in [0.3, 0.4) is 0 Å². The van der Waals surface area contributed by atoms with Crippen LogP contribution in [0.4, 0.5) is 10.5 Å². The van der Waals surface area contributed by atoms with E-state index in [0.717, 1.165) is 18.4 Å². The number of aliphatic carboxylic acids is 1. The maximum Gasteiger partial charge on any atom is 0.323 e. The molecule has 0 aliphatic heterocycles. The molecule has 0 aliphatic carbocycles. The summed E-state index contributed by atoms with van der Waals surface area (Å²) in [6.07, 6.45) is 1.85. The zero-order valence-corrected chi connectivity index (χ0v) is 11.3. The monoisotopic (exact) mass is 264 g/mol. The first kappa shape index (κ1) is 15.0. The van der Waals surface area contributed by atoms with Gasteiger partial charge in [-0.2, -0.15) is 0 Å². The number of hydrogen-bond acceptors (Lipinski definition) is 2. The minimum atomic E-state index is -1.04. The number of carbonyl (C=O) groups is 2. The number of urea groups is 1. The largest absolute Gasteiger partial charge is 0.480 e. The van der Waals surface area contributed by atoms with E-state index in [-0.39, 0.29) is 12.6 Å². The van der Waals surface area contributed by atoms with Crippen molar-refractivity contribution in [2.75, 3.05) is 18.0 Å². The number of aryl methyl sites for hydroxylation is 1. The predicted octanol–water partition coefficient (Wildman–Crippen LogP) is 2.40. The SMILES string of the molecule is CCCCNC(=O)N(CC(=O)O)c1ccc(C)cc1. The Labute approximate surface area is 113 Å². The second-order valence-electron chi connectivity index (χ2n) is 4.40. The van der Waals surface area contributed by atoms with Crippen molar-refractivity contribution in [2.24, 2.45) is 0 Å². The number of unbranched alkanes of at least 4 members (excludes halogenated alkanes) is 1. The molecule has 0 heterocycles. The number of rotatable bonds is 6. The first-order chi connectivity index (χ1) is 9.04. The summed E-state index contributed by atoms with van der Waals surface area (Å²) >= 11 is 0. The molecular formula is C14H20N2O3. The van der Waals surface area contributed by atoms with Crippen LogP contribution in [0.15, 0.2) is 24.3 Å². The van der Waals surface area contributed by atoms with Crippen LogP contribution in [0.25, 0.3) is 0 Å². The van der Waals surface area contributed by atoms with E-state index in [2.05, 4.69) is 5.32 Å². The lowest BCUT2D eigenvalue weighted by atomic mass is 10.2.